The Labute approximate surface area is 206 Å². The molecule has 0 saturated heterocycles. The standard InChI is InChI=1S/C30H24N2O4/c1-17-5-9-25-21(13-17)29(33)23-15-19(35-3)7-11-27(23)31(25)32-26-10-6-18(2)14-22(26)30(34)24-16-20(36-4)8-12-28(24)32/h5-16H,1-4H3. The molecule has 4 aromatic carbocycles. The Bertz CT molecular complexity index is 1840. The largest absolute Gasteiger partial charge is 0.497 e. The number of pyridine rings is 2. The second kappa shape index (κ2) is 7.99. The van der Waals surface area contributed by atoms with E-state index in [1.807, 2.05) is 83.9 Å². The van der Waals surface area contributed by atoms with Crippen molar-refractivity contribution >= 4 is 43.6 Å². The van der Waals surface area contributed by atoms with Crippen LogP contribution in [0, 0.1) is 13.8 Å². The minimum Gasteiger partial charge on any atom is -0.497 e. The third kappa shape index (κ3) is 3.11. The molecule has 0 atom stereocenters. The summed E-state index contributed by atoms with van der Waals surface area (Å²) in [5.74, 6) is 1.21. The van der Waals surface area contributed by atoms with Crippen LogP contribution in [0.4, 0.5) is 0 Å². The summed E-state index contributed by atoms with van der Waals surface area (Å²) in [6.45, 7) is 3.94. The van der Waals surface area contributed by atoms with Crippen molar-refractivity contribution in [3.63, 3.8) is 0 Å². The van der Waals surface area contributed by atoms with E-state index in [9.17, 15) is 9.59 Å². The highest BCUT2D eigenvalue weighted by Gasteiger charge is 2.18. The van der Waals surface area contributed by atoms with Crippen molar-refractivity contribution < 1.29 is 9.47 Å². The van der Waals surface area contributed by atoms with Gasteiger partial charge in [0.25, 0.3) is 0 Å². The van der Waals surface area contributed by atoms with Gasteiger partial charge in [0.05, 0.1) is 47.1 Å². The van der Waals surface area contributed by atoms with Gasteiger partial charge in [0.1, 0.15) is 11.5 Å². The predicted octanol–water partition coefficient (Wildman–Crippen LogP) is 5.57. The summed E-state index contributed by atoms with van der Waals surface area (Å²) < 4.78 is 14.9. The maximum Gasteiger partial charge on any atom is 0.197 e. The Morgan fingerprint density at radius 3 is 1.19 bits per heavy atom. The van der Waals surface area contributed by atoms with E-state index in [2.05, 4.69) is 0 Å². The fraction of sp³-hybridized carbons (Fsp3) is 0.133. The van der Waals surface area contributed by atoms with Gasteiger partial charge in [-0.25, -0.2) is 9.35 Å². The summed E-state index contributed by atoms with van der Waals surface area (Å²) in [7, 11) is 3.17. The van der Waals surface area contributed by atoms with E-state index in [-0.39, 0.29) is 10.9 Å². The van der Waals surface area contributed by atoms with Crippen molar-refractivity contribution in [2.75, 3.05) is 14.2 Å². The average molecular weight is 477 g/mol. The molecule has 0 aliphatic carbocycles. The highest BCUT2D eigenvalue weighted by atomic mass is 16.5. The van der Waals surface area contributed by atoms with E-state index in [1.54, 1.807) is 26.4 Å². The van der Waals surface area contributed by atoms with Gasteiger partial charge in [0, 0.05) is 10.8 Å². The van der Waals surface area contributed by atoms with Gasteiger partial charge in [-0.05, 0) is 74.5 Å². The van der Waals surface area contributed by atoms with Crippen LogP contribution in [0.2, 0.25) is 0 Å². The number of hydrogen-bond acceptors (Lipinski definition) is 4. The third-order valence-corrected chi connectivity index (χ3v) is 6.80. The SMILES string of the molecule is COc1ccc2c(c1)c(=O)c1cc(C)ccc1n2-n1c2ccc(C)cc2c(=O)c2cc(OC)ccc21. The number of aromatic nitrogens is 2. The van der Waals surface area contributed by atoms with Crippen molar-refractivity contribution in [3.8, 4) is 11.5 Å². The molecule has 0 radical (unpaired) electrons. The maximum atomic E-state index is 13.7. The van der Waals surface area contributed by atoms with Gasteiger partial charge in [0.15, 0.2) is 10.9 Å². The molecule has 0 amide bonds. The monoisotopic (exact) mass is 476 g/mol. The zero-order chi connectivity index (χ0) is 25.1. The highest BCUT2D eigenvalue weighted by molar-refractivity contribution is 5.98. The molecule has 0 N–H and O–H groups in total. The van der Waals surface area contributed by atoms with Crippen molar-refractivity contribution in [3.05, 3.63) is 104 Å². The van der Waals surface area contributed by atoms with E-state index in [0.717, 1.165) is 22.2 Å². The smallest absolute Gasteiger partial charge is 0.197 e. The molecule has 6 heteroatoms. The van der Waals surface area contributed by atoms with Gasteiger partial charge in [-0.2, -0.15) is 0 Å². The zero-order valence-corrected chi connectivity index (χ0v) is 20.5. The van der Waals surface area contributed by atoms with Crippen molar-refractivity contribution in [1.29, 1.82) is 0 Å². The molecule has 0 bridgehead atoms. The van der Waals surface area contributed by atoms with Gasteiger partial charge in [-0.1, -0.05) is 23.3 Å². The summed E-state index contributed by atoms with van der Waals surface area (Å²) in [5, 5.41) is 2.26. The fourth-order valence-corrected chi connectivity index (χ4v) is 5.03. The molecule has 0 saturated carbocycles. The maximum absolute atomic E-state index is 13.7. The number of methoxy groups -OCH3 is 2. The van der Waals surface area contributed by atoms with Crippen LogP contribution in [-0.2, 0) is 0 Å². The molecule has 6 nitrogen and oxygen atoms in total. The minimum atomic E-state index is -0.0639. The Hall–Kier alpha value is -4.58. The Morgan fingerprint density at radius 1 is 0.500 bits per heavy atom. The van der Waals surface area contributed by atoms with Crippen molar-refractivity contribution in [2.24, 2.45) is 0 Å². The number of rotatable bonds is 3. The first-order chi connectivity index (χ1) is 17.4. The van der Waals surface area contributed by atoms with E-state index < -0.39 is 0 Å². The van der Waals surface area contributed by atoms with Gasteiger partial charge < -0.3 is 9.47 Å². The topological polar surface area (TPSA) is 62.5 Å². The molecule has 0 unspecified atom stereocenters. The summed E-state index contributed by atoms with van der Waals surface area (Å²) in [5.41, 5.74) is 4.75. The number of aryl methyl sites for hydroxylation is 2. The van der Waals surface area contributed by atoms with Crippen LogP contribution in [0.5, 0.6) is 11.5 Å². The second-order valence-corrected chi connectivity index (χ2v) is 9.09. The molecule has 6 rings (SSSR count). The summed E-state index contributed by atoms with van der Waals surface area (Å²) >= 11 is 0. The van der Waals surface area contributed by atoms with Gasteiger partial charge in [0.2, 0.25) is 0 Å². The fourth-order valence-electron chi connectivity index (χ4n) is 5.03. The summed E-state index contributed by atoms with van der Waals surface area (Å²) in [6.07, 6.45) is 0. The Balaban J connectivity index is 1.94. The lowest BCUT2D eigenvalue weighted by Crippen LogP contribution is -2.21. The lowest BCUT2D eigenvalue weighted by molar-refractivity contribution is 0.415. The van der Waals surface area contributed by atoms with Crippen LogP contribution in [-0.4, -0.2) is 23.6 Å². The van der Waals surface area contributed by atoms with Crippen molar-refractivity contribution in [1.82, 2.24) is 9.35 Å². The van der Waals surface area contributed by atoms with Crippen LogP contribution in [0.3, 0.4) is 0 Å². The van der Waals surface area contributed by atoms with Crippen molar-refractivity contribution in [2.45, 2.75) is 13.8 Å². The van der Waals surface area contributed by atoms with E-state index >= 15 is 0 Å². The normalized spacial score (nSPS) is 11.6. The number of hydrogen-bond donors (Lipinski definition) is 0. The highest BCUT2D eigenvalue weighted by Crippen LogP contribution is 2.29. The van der Waals surface area contributed by atoms with E-state index in [0.29, 0.717) is 44.1 Å². The lowest BCUT2D eigenvalue weighted by atomic mass is 10.1. The second-order valence-electron chi connectivity index (χ2n) is 9.09. The molecular weight excluding hydrogens is 452 g/mol. The Morgan fingerprint density at radius 2 is 0.833 bits per heavy atom. The van der Waals surface area contributed by atoms with E-state index in [1.165, 1.54) is 0 Å². The molecular formula is C30H24N2O4. The quantitative estimate of drug-likeness (QED) is 0.314. The molecule has 0 aliphatic heterocycles. The first-order valence-corrected chi connectivity index (χ1v) is 11.7. The lowest BCUT2D eigenvalue weighted by Gasteiger charge is -2.23. The average Bonchev–Trinajstić information content (AvgIpc) is 2.90. The van der Waals surface area contributed by atoms with Gasteiger partial charge in [-0.15, -0.1) is 0 Å². The molecule has 2 aromatic heterocycles. The molecule has 2 heterocycles. The molecule has 36 heavy (non-hydrogen) atoms. The zero-order valence-electron chi connectivity index (χ0n) is 20.5. The molecule has 0 aliphatic rings. The van der Waals surface area contributed by atoms with Gasteiger partial charge >= 0.3 is 0 Å². The number of benzene rings is 4. The first kappa shape index (κ1) is 21.9. The first-order valence-electron chi connectivity index (χ1n) is 11.7. The molecule has 6 aromatic rings. The number of ether oxygens (including phenoxy) is 2. The number of nitrogens with zero attached hydrogens (tertiary/aromatic N) is 2. The predicted molar refractivity (Wildman–Crippen MR) is 145 cm³/mol. The summed E-state index contributed by atoms with van der Waals surface area (Å²) in [6, 6.07) is 22.8. The minimum absolute atomic E-state index is 0.0639. The van der Waals surface area contributed by atoms with E-state index in [4.69, 9.17) is 9.47 Å². The Kier molecular flexibility index (Phi) is 4.86. The van der Waals surface area contributed by atoms with Gasteiger partial charge in [-0.3, -0.25) is 9.59 Å². The van der Waals surface area contributed by atoms with Crippen LogP contribution >= 0.6 is 0 Å². The summed E-state index contributed by atoms with van der Waals surface area (Å²) in [4.78, 5) is 27.3. The number of fused-ring (bicyclic) bond motifs is 4. The van der Waals surface area contributed by atoms with Crippen LogP contribution in [0.1, 0.15) is 11.1 Å². The molecule has 178 valence electrons. The van der Waals surface area contributed by atoms with Crippen LogP contribution in [0.15, 0.2) is 82.4 Å². The molecule has 0 fully saturated rings. The van der Waals surface area contributed by atoms with Crippen LogP contribution < -0.4 is 20.3 Å². The molecule has 0 spiro atoms. The third-order valence-electron chi connectivity index (χ3n) is 6.80. The van der Waals surface area contributed by atoms with Crippen LogP contribution in [0.25, 0.3) is 43.6 Å².